The second-order valence-corrected chi connectivity index (χ2v) is 5.44. The van der Waals surface area contributed by atoms with E-state index < -0.39 is 0 Å². The molecule has 1 saturated heterocycles. The van der Waals surface area contributed by atoms with Gasteiger partial charge in [0.15, 0.2) is 0 Å². The van der Waals surface area contributed by atoms with Crippen LogP contribution in [-0.2, 0) is 0 Å². The molecule has 1 fully saturated rings. The Hall–Kier alpha value is -1.54. The van der Waals surface area contributed by atoms with E-state index >= 15 is 0 Å². The van der Waals surface area contributed by atoms with Crippen LogP contribution < -0.4 is 0 Å². The van der Waals surface area contributed by atoms with Crippen LogP contribution in [0.4, 0.5) is 0 Å². The van der Waals surface area contributed by atoms with E-state index in [0.717, 1.165) is 12.6 Å². The van der Waals surface area contributed by atoms with Crippen LogP contribution in [0.1, 0.15) is 19.3 Å². The van der Waals surface area contributed by atoms with Gasteiger partial charge in [0.05, 0.1) is 5.52 Å². The first kappa shape index (κ1) is 10.4. The lowest BCUT2D eigenvalue weighted by atomic mass is 10.1. The van der Waals surface area contributed by atoms with Gasteiger partial charge in [0.25, 0.3) is 0 Å². The zero-order valence-corrected chi connectivity index (χ0v) is 10.5. The van der Waals surface area contributed by atoms with Crippen LogP contribution >= 0.6 is 0 Å². The smallest absolute Gasteiger partial charge is 0.0525 e. The highest BCUT2D eigenvalue weighted by Crippen LogP contribution is 2.31. The Morgan fingerprint density at radius 3 is 3.06 bits per heavy atom. The van der Waals surface area contributed by atoms with Crippen molar-refractivity contribution in [2.45, 2.75) is 25.3 Å². The van der Waals surface area contributed by atoms with E-state index in [1.54, 1.807) is 0 Å². The summed E-state index contributed by atoms with van der Waals surface area (Å²) in [5, 5.41) is 1.34. The molecule has 0 amide bonds. The molecular weight excluding hydrogens is 220 g/mol. The summed E-state index contributed by atoms with van der Waals surface area (Å²) in [6, 6.07) is 11.7. The molecule has 1 unspecified atom stereocenters. The molecule has 0 bridgehead atoms. The first-order valence-corrected chi connectivity index (χ1v) is 6.91. The van der Waals surface area contributed by atoms with Gasteiger partial charge in [-0.25, -0.2) is 0 Å². The normalized spacial score (nSPS) is 24.2. The summed E-state index contributed by atoms with van der Waals surface area (Å²) >= 11 is 0. The van der Waals surface area contributed by atoms with Crippen molar-refractivity contribution in [3.63, 3.8) is 0 Å². The Bertz CT molecular complexity index is 608. The summed E-state index contributed by atoms with van der Waals surface area (Å²) in [6.07, 6.45) is 8.59. The molecule has 0 aliphatic carbocycles. The zero-order valence-electron chi connectivity index (χ0n) is 10.5. The molecule has 2 heteroatoms. The third-order valence-corrected chi connectivity index (χ3v) is 4.41. The number of nitrogens with zero attached hydrogens (tertiary/aromatic N) is 2. The van der Waals surface area contributed by atoms with Crippen LogP contribution in [0.2, 0.25) is 0 Å². The minimum absolute atomic E-state index is 0.783. The minimum Gasteiger partial charge on any atom is -0.321 e. The Balaban J connectivity index is 1.75. The molecule has 1 atom stereocenters. The van der Waals surface area contributed by atoms with Crippen LogP contribution in [0.3, 0.4) is 0 Å². The fourth-order valence-corrected chi connectivity index (χ4v) is 3.44. The lowest BCUT2D eigenvalue weighted by Gasteiger charge is -2.29. The maximum atomic E-state index is 2.62. The number of hydrogen-bond donors (Lipinski definition) is 0. The average Bonchev–Trinajstić information content (AvgIpc) is 3.04. The summed E-state index contributed by atoms with van der Waals surface area (Å²) in [7, 11) is 0. The molecule has 2 aliphatic rings. The minimum atomic E-state index is 0.783. The molecule has 1 aromatic heterocycles. The van der Waals surface area contributed by atoms with Gasteiger partial charge >= 0.3 is 0 Å². The van der Waals surface area contributed by atoms with E-state index in [4.69, 9.17) is 0 Å². The van der Waals surface area contributed by atoms with Crippen molar-refractivity contribution in [2.75, 3.05) is 13.1 Å². The summed E-state index contributed by atoms with van der Waals surface area (Å²) in [5.41, 5.74) is 2.83. The van der Waals surface area contributed by atoms with E-state index in [0.29, 0.717) is 0 Å². The fourth-order valence-electron chi connectivity index (χ4n) is 3.44. The van der Waals surface area contributed by atoms with Crippen molar-refractivity contribution in [1.29, 1.82) is 0 Å². The van der Waals surface area contributed by atoms with Gasteiger partial charge in [-0.05, 0) is 36.9 Å². The monoisotopic (exact) mass is 238 g/mol. The second-order valence-electron chi connectivity index (χ2n) is 5.44. The van der Waals surface area contributed by atoms with Crippen molar-refractivity contribution < 1.29 is 0 Å². The molecule has 18 heavy (non-hydrogen) atoms. The molecule has 0 spiro atoms. The van der Waals surface area contributed by atoms with Gasteiger partial charge in [-0.1, -0.05) is 24.3 Å². The highest BCUT2D eigenvalue weighted by molar-refractivity contribution is 5.83. The van der Waals surface area contributed by atoms with Crippen molar-refractivity contribution >= 4 is 16.6 Å². The molecule has 1 aromatic carbocycles. The first-order valence-electron chi connectivity index (χ1n) is 6.91. The maximum absolute atomic E-state index is 2.62. The predicted octanol–water partition coefficient (Wildman–Crippen LogP) is 3.35. The van der Waals surface area contributed by atoms with Crippen molar-refractivity contribution in [2.24, 2.45) is 0 Å². The van der Waals surface area contributed by atoms with Crippen LogP contribution in [0.5, 0.6) is 0 Å². The molecule has 0 saturated carbocycles. The fraction of sp³-hybridized carbons (Fsp3) is 0.375. The van der Waals surface area contributed by atoms with E-state index in [1.807, 2.05) is 0 Å². The van der Waals surface area contributed by atoms with Gasteiger partial charge in [-0.3, -0.25) is 4.90 Å². The summed E-state index contributed by atoms with van der Waals surface area (Å²) in [6.45, 7) is 2.42. The van der Waals surface area contributed by atoms with Gasteiger partial charge in [-0.2, -0.15) is 0 Å². The van der Waals surface area contributed by atoms with Crippen LogP contribution in [0.25, 0.3) is 16.6 Å². The van der Waals surface area contributed by atoms with Crippen LogP contribution in [-0.4, -0.2) is 28.6 Å². The number of fused-ring (bicyclic) bond motifs is 2. The average molecular weight is 238 g/mol. The third-order valence-electron chi connectivity index (χ3n) is 4.41. The van der Waals surface area contributed by atoms with E-state index in [2.05, 4.69) is 52.1 Å². The van der Waals surface area contributed by atoms with Gasteiger partial charge in [0.2, 0.25) is 0 Å². The largest absolute Gasteiger partial charge is 0.321 e. The lowest BCUT2D eigenvalue weighted by molar-refractivity contribution is 0.273. The maximum Gasteiger partial charge on any atom is 0.0525 e. The van der Waals surface area contributed by atoms with E-state index in [-0.39, 0.29) is 0 Å². The molecule has 2 aromatic rings. The molecule has 92 valence electrons. The topological polar surface area (TPSA) is 8.17 Å². The number of hydrogen-bond acceptors (Lipinski definition) is 1. The number of rotatable bonds is 1. The molecular formula is C16H18N2. The van der Waals surface area contributed by atoms with Gasteiger partial charge in [0, 0.05) is 30.9 Å². The first-order chi connectivity index (χ1) is 8.92. The molecule has 4 rings (SSSR count). The summed E-state index contributed by atoms with van der Waals surface area (Å²) < 4.78 is 2.38. The predicted molar refractivity (Wildman–Crippen MR) is 75.4 cm³/mol. The highest BCUT2D eigenvalue weighted by Gasteiger charge is 2.28. The molecule has 0 N–H and O–H groups in total. The number of para-hydroxylation sites is 1. The second kappa shape index (κ2) is 3.99. The third kappa shape index (κ3) is 1.52. The highest BCUT2D eigenvalue weighted by atomic mass is 15.2. The lowest BCUT2D eigenvalue weighted by Crippen LogP contribution is -2.33. The van der Waals surface area contributed by atoms with Crippen molar-refractivity contribution in [3.05, 3.63) is 42.6 Å². The Labute approximate surface area is 108 Å². The molecule has 0 radical (unpaired) electrons. The Kier molecular flexibility index (Phi) is 2.30. The van der Waals surface area contributed by atoms with Crippen molar-refractivity contribution in [1.82, 2.24) is 9.47 Å². The summed E-state index contributed by atoms with van der Waals surface area (Å²) in [5.74, 6) is 0. The number of benzene rings is 1. The Morgan fingerprint density at radius 2 is 2.06 bits per heavy atom. The molecule has 2 nitrogen and oxygen atoms in total. The Morgan fingerprint density at radius 1 is 1.11 bits per heavy atom. The van der Waals surface area contributed by atoms with Crippen LogP contribution in [0.15, 0.2) is 42.6 Å². The standard InChI is InChI=1S/C16H18N2/c1-2-6-16-13(4-1)7-11-18(16)15-8-10-17-9-3-5-14(17)12-15/h1-2,4,6-8,11,14H,3,5,9-10,12H2. The SMILES string of the molecule is C1=C(n2ccc3ccccc32)CC2CCCN2C1. The van der Waals surface area contributed by atoms with Gasteiger partial charge < -0.3 is 4.57 Å². The quantitative estimate of drug-likeness (QED) is 0.739. The summed E-state index contributed by atoms with van der Waals surface area (Å²) in [4.78, 5) is 2.62. The van der Waals surface area contributed by atoms with Crippen LogP contribution in [0, 0.1) is 0 Å². The van der Waals surface area contributed by atoms with E-state index in [1.165, 1.54) is 42.4 Å². The molecule has 3 heterocycles. The van der Waals surface area contributed by atoms with Crippen molar-refractivity contribution in [3.8, 4) is 0 Å². The number of aromatic nitrogens is 1. The van der Waals surface area contributed by atoms with E-state index in [9.17, 15) is 0 Å². The molecule has 2 aliphatic heterocycles. The zero-order chi connectivity index (χ0) is 11.9. The van der Waals surface area contributed by atoms with Gasteiger partial charge in [0.1, 0.15) is 0 Å². The van der Waals surface area contributed by atoms with Gasteiger partial charge in [-0.15, -0.1) is 0 Å².